The molecule has 2 amide bonds. The number of hydrogen-bond donors (Lipinski definition) is 3. The number of amides is 2. The fraction of sp³-hybridized carbons (Fsp3) is 0.846. The largest absolute Gasteiger partial charge is 0.748 e. The Bertz CT molecular complexity index is 676. The Kier molecular flexibility index (Phi) is 22.0. The standard InChI is InChI=1S/C16H36N.C10H19N3O5S/c1-5-9-13-17(14-10-6-2,15-11-7-3)16-12-8-4;1-7(2)9(14)12-4-3-5-13-10(15)8(11)6-19(16,17)18/h5-16H2,1-4H3;8H,1,3-6,11H2,2H3,(H,12,14)(H,13,15)(H,16,17,18)/q+1;/p-1. The molecular formula is C26H54N4O5S. The van der Waals surface area contributed by atoms with Gasteiger partial charge in [0, 0.05) is 18.7 Å². The van der Waals surface area contributed by atoms with E-state index >= 15 is 0 Å². The number of hydrogen-bond acceptors (Lipinski definition) is 6. The van der Waals surface area contributed by atoms with Gasteiger partial charge in [-0.2, -0.15) is 0 Å². The lowest BCUT2D eigenvalue weighted by Gasteiger charge is -2.39. The maximum Gasteiger partial charge on any atom is 0.246 e. The minimum atomic E-state index is -4.53. The van der Waals surface area contributed by atoms with Crippen LogP contribution in [-0.4, -0.2) is 80.3 Å². The van der Waals surface area contributed by atoms with Crippen LogP contribution in [0.5, 0.6) is 0 Å². The Balaban J connectivity index is 0. The molecule has 0 aliphatic heterocycles. The van der Waals surface area contributed by atoms with Crippen LogP contribution in [0.4, 0.5) is 0 Å². The molecule has 0 rings (SSSR count). The summed E-state index contributed by atoms with van der Waals surface area (Å²) in [5.41, 5.74) is 5.61. The van der Waals surface area contributed by atoms with Crippen LogP contribution in [0, 0.1) is 0 Å². The lowest BCUT2D eigenvalue weighted by Crippen LogP contribution is -2.50. The van der Waals surface area contributed by atoms with Crippen LogP contribution in [0.15, 0.2) is 12.2 Å². The molecule has 1 atom stereocenters. The molecular weight excluding hydrogens is 480 g/mol. The molecule has 0 radical (unpaired) electrons. The molecule has 0 fully saturated rings. The van der Waals surface area contributed by atoms with Gasteiger partial charge in [-0.3, -0.25) is 9.59 Å². The predicted molar refractivity (Wildman–Crippen MR) is 147 cm³/mol. The zero-order valence-corrected chi connectivity index (χ0v) is 24.4. The van der Waals surface area contributed by atoms with E-state index in [1.807, 2.05) is 0 Å². The van der Waals surface area contributed by atoms with E-state index in [-0.39, 0.29) is 12.5 Å². The predicted octanol–water partition coefficient (Wildman–Crippen LogP) is 3.06. The van der Waals surface area contributed by atoms with Crippen LogP contribution < -0.4 is 16.4 Å². The summed E-state index contributed by atoms with van der Waals surface area (Å²) in [5, 5.41) is 4.92. The van der Waals surface area contributed by atoms with Crippen LogP contribution in [-0.2, 0) is 19.7 Å². The van der Waals surface area contributed by atoms with Crippen molar-refractivity contribution in [1.29, 1.82) is 0 Å². The summed E-state index contributed by atoms with van der Waals surface area (Å²) in [5.74, 6) is -1.93. The Hall–Kier alpha value is -1.49. The molecule has 0 aliphatic rings. The van der Waals surface area contributed by atoms with E-state index in [1.54, 1.807) is 6.92 Å². The number of carbonyl (C=O) groups is 2. The number of quaternary nitrogens is 1. The molecule has 1 unspecified atom stereocenters. The van der Waals surface area contributed by atoms with Crippen molar-refractivity contribution in [3.05, 3.63) is 12.2 Å². The maximum absolute atomic E-state index is 11.3. The first-order valence-corrected chi connectivity index (χ1v) is 15.2. The van der Waals surface area contributed by atoms with Gasteiger partial charge in [-0.1, -0.05) is 60.0 Å². The van der Waals surface area contributed by atoms with Gasteiger partial charge in [0.2, 0.25) is 11.8 Å². The van der Waals surface area contributed by atoms with Crippen molar-refractivity contribution < 1.29 is 27.0 Å². The quantitative estimate of drug-likeness (QED) is 0.0948. The summed E-state index contributed by atoms with van der Waals surface area (Å²) in [7, 11) is -4.53. The third-order valence-corrected chi connectivity index (χ3v) is 6.76. The van der Waals surface area contributed by atoms with Gasteiger partial charge in [0.1, 0.15) is 0 Å². The van der Waals surface area contributed by atoms with E-state index in [1.165, 1.54) is 82.0 Å². The van der Waals surface area contributed by atoms with Crippen LogP contribution in [0.3, 0.4) is 0 Å². The zero-order chi connectivity index (χ0) is 28.0. The highest BCUT2D eigenvalue weighted by Gasteiger charge is 2.24. The SMILES string of the molecule is C=C(C)C(=O)NCCCNC(=O)C(N)CS(=O)(=O)[O-].CCCC[N+](CCCC)(CCCC)CCCC. The van der Waals surface area contributed by atoms with Crippen LogP contribution >= 0.6 is 0 Å². The van der Waals surface area contributed by atoms with Gasteiger partial charge in [0.15, 0.2) is 0 Å². The van der Waals surface area contributed by atoms with Gasteiger partial charge in [-0.15, -0.1) is 0 Å². The number of nitrogens with two attached hydrogens (primary N) is 1. The van der Waals surface area contributed by atoms with Crippen LogP contribution in [0.25, 0.3) is 0 Å². The molecule has 10 heteroatoms. The Morgan fingerprint density at radius 3 is 1.56 bits per heavy atom. The maximum atomic E-state index is 11.3. The van der Waals surface area contributed by atoms with Crippen molar-refractivity contribution in [2.75, 3.05) is 45.0 Å². The van der Waals surface area contributed by atoms with Crippen LogP contribution in [0.1, 0.15) is 92.4 Å². The van der Waals surface area contributed by atoms with Gasteiger partial charge in [0.25, 0.3) is 0 Å². The van der Waals surface area contributed by atoms with E-state index in [2.05, 4.69) is 44.9 Å². The molecule has 0 bridgehead atoms. The highest BCUT2D eigenvalue weighted by molar-refractivity contribution is 7.85. The van der Waals surface area contributed by atoms with Crippen molar-refractivity contribution in [1.82, 2.24) is 10.6 Å². The molecule has 214 valence electrons. The Labute approximate surface area is 221 Å². The molecule has 0 aromatic rings. The van der Waals surface area contributed by atoms with Crippen molar-refractivity contribution >= 4 is 21.9 Å². The van der Waals surface area contributed by atoms with Crippen LogP contribution in [0.2, 0.25) is 0 Å². The monoisotopic (exact) mass is 534 g/mol. The van der Waals surface area contributed by atoms with Crippen molar-refractivity contribution in [3.63, 3.8) is 0 Å². The summed E-state index contributed by atoms with van der Waals surface area (Å²) in [6, 6.07) is -1.38. The first-order chi connectivity index (χ1) is 16.9. The number of unbranched alkanes of at least 4 members (excludes halogenated alkanes) is 4. The highest BCUT2D eigenvalue weighted by atomic mass is 32.2. The minimum Gasteiger partial charge on any atom is -0.748 e. The normalized spacial score (nSPS) is 12.3. The molecule has 4 N–H and O–H groups in total. The van der Waals surface area contributed by atoms with Gasteiger partial charge >= 0.3 is 0 Å². The van der Waals surface area contributed by atoms with Crippen molar-refractivity contribution in [2.24, 2.45) is 5.73 Å². The second kappa shape index (κ2) is 21.6. The molecule has 0 aliphatic carbocycles. The smallest absolute Gasteiger partial charge is 0.246 e. The number of rotatable bonds is 20. The molecule has 0 heterocycles. The average molecular weight is 535 g/mol. The third-order valence-electron chi connectivity index (χ3n) is 5.99. The van der Waals surface area contributed by atoms with E-state index in [4.69, 9.17) is 5.73 Å². The summed E-state index contributed by atoms with van der Waals surface area (Å²) in [4.78, 5) is 22.4. The molecule has 0 spiro atoms. The fourth-order valence-electron chi connectivity index (χ4n) is 3.72. The minimum absolute atomic E-state index is 0.210. The topological polar surface area (TPSA) is 141 Å². The molecule has 0 saturated heterocycles. The molecule has 0 aromatic heterocycles. The third kappa shape index (κ3) is 20.7. The van der Waals surface area contributed by atoms with E-state index in [0.717, 1.165) is 0 Å². The first-order valence-electron chi connectivity index (χ1n) is 13.6. The van der Waals surface area contributed by atoms with Gasteiger partial charge in [0.05, 0.1) is 48.1 Å². The zero-order valence-electron chi connectivity index (χ0n) is 23.6. The number of nitrogens with one attached hydrogen (secondary N) is 2. The fourth-order valence-corrected chi connectivity index (χ4v) is 4.32. The molecule has 0 saturated carbocycles. The van der Waals surface area contributed by atoms with E-state index in [9.17, 15) is 22.6 Å². The van der Waals surface area contributed by atoms with Gasteiger partial charge < -0.3 is 25.4 Å². The summed E-state index contributed by atoms with van der Waals surface area (Å²) >= 11 is 0. The lowest BCUT2D eigenvalue weighted by molar-refractivity contribution is -0.929. The summed E-state index contributed by atoms with van der Waals surface area (Å²) < 4.78 is 32.6. The molecule has 36 heavy (non-hydrogen) atoms. The van der Waals surface area contributed by atoms with Crippen molar-refractivity contribution in [3.8, 4) is 0 Å². The van der Waals surface area contributed by atoms with Gasteiger partial charge in [-0.25, -0.2) is 8.42 Å². The average Bonchev–Trinajstić information content (AvgIpc) is 2.81. The van der Waals surface area contributed by atoms with Gasteiger partial charge in [-0.05, 0) is 39.0 Å². The molecule has 9 nitrogen and oxygen atoms in total. The second-order valence-electron chi connectivity index (χ2n) is 9.66. The van der Waals surface area contributed by atoms with E-state index < -0.39 is 27.8 Å². The lowest BCUT2D eigenvalue weighted by atomic mass is 10.1. The summed E-state index contributed by atoms with van der Waals surface area (Å²) in [6.07, 6.45) is 11.5. The first kappa shape index (κ1) is 36.7. The Morgan fingerprint density at radius 2 is 1.22 bits per heavy atom. The van der Waals surface area contributed by atoms with E-state index in [0.29, 0.717) is 18.5 Å². The van der Waals surface area contributed by atoms with Crippen molar-refractivity contribution in [2.45, 2.75) is 98.4 Å². The second-order valence-corrected chi connectivity index (χ2v) is 11.1. The number of nitrogens with zero attached hydrogens (tertiary/aromatic N) is 1. The highest BCUT2D eigenvalue weighted by Crippen LogP contribution is 2.16. The molecule has 0 aromatic carbocycles. The number of carbonyl (C=O) groups excluding carboxylic acids is 2. The summed E-state index contributed by atoms with van der Waals surface area (Å²) in [6.45, 7) is 20.6. The Morgan fingerprint density at radius 1 is 0.833 bits per heavy atom.